The maximum Gasteiger partial charge on any atom is 0.419 e. The molecule has 2 amide bonds. The van der Waals surface area contributed by atoms with Gasteiger partial charge in [0.1, 0.15) is 5.82 Å². The van der Waals surface area contributed by atoms with Gasteiger partial charge in [0.2, 0.25) is 31.9 Å². The van der Waals surface area contributed by atoms with E-state index < -0.39 is 65.2 Å². The number of hydrogen-bond acceptors (Lipinski definition) is 8. The zero-order valence-electron chi connectivity index (χ0n) is 46.9. The summed E-state index contributed by atoms with van der Waals surface area (Å²) in [5, 5.41) is 0.809. The predicted octanol–water partition coefficient (Wildman–Crippen LogP) is 12.9. The molecule has 0 N–H and O–H groups in total. The molecule has 4 aromatic rings. The van der Waals surface area contributed by atoms with Crippen LogP contribution in [-0.2, 0) is 65.9 Å². The van der Waals surface area contributed by atoms with Gasteiger partial charge in [-0.2, -0.15) is 35.0 Å². The fourth-order valence-electron chi connectivity index (χ4n) is 10.9. The summed E-state index contributed by atoms with van der Waals surface area (Å²) in [6, 6.07) is 16.1. The van der Waals surface area contributed by atoms with Crippen LogP contribution in [0.1, 0.15) is 99.6 Å². The number of hydrogen-bond donors (Lipinski definition) is 0. The summed E-state index contributed by atoms with van der Waals surface area (Å²) < 4.78 is 145. The molecule has 0 spiro atoms. The lowest BCUT2D eigenvalue weighted by Crippen LogP contribution is -2.49. The summed E-state index contributed by atoms with van der Waals surface area (Å²) in [5.74, 6) is -2.01. The van der Waals surface area contributed by atoms with Crippen LogP contribution in [0.15, 0.2) is 72.8 Å². The van der Waals surface area contributed by atoms with Gasteiger partial charge >= 0.3 is 12.4 Å². The molecule has 0 bridgehead atoms. The highest BCUT2D eigenvalue weighted by Gasteiger charge is 2.42. The number of carbonyl (C=O) groups excluding carboxylic acids is 2. The van der Waals surface area contributed by atoms with Gasteiger partial charge in [-0.15, -0.1) is 0 Å². The Morgan fingerprint density at radius 3 is 1.21 bits per heavy atom. The monoisotopic (exact) mass is 1290 g/mol. The Hall–Kier alpha value is -3.48. The van der Waals surface area contributed by atoms with Gasteiger partial charge in [-0.1, -0.05) is 96.1 Å². The van der Waals surface area contributed by atoms with E-state index in [9.17, 15) is 57.2 Å². The highest BCUT2D eigenvalue weighted by Crippen LogP contribution is 2.40. The van der Waals surface area contributed by atoms with Gasteiger partial charge in [0.15, 0.2) is 0 Å². The lowest BCUT2D eigenvalue weighted by molar-refractivity contribution is -0.140. The number of carbonyl (C=O) groups is 2. The zero-order chi connectivity index (χ0) is 61.5. The number of alkyl halides is 6. The number of benzene rings is 4. The molecule has 2 fully saturated rings. The van der Waals surface area contributed by atoms with E-state index in [-0.39, 0.29) is 47.6 Å². The third kappa shape index (κ3) is 17.8. The van der Waals surface area contributed by atoms with E-state index in [4.69, 9.17) is 58.0 Å². The van der Waals surface area contributed by atoms with Crippen molar-refractivity contribution in [2.24, 2.45) is 0 Å². The minimum Gasteiger partial charge on any atom is -0.341 e. The Bertz CT molecular complexity index is 2910. The highest BCUT2D eigenvalue weighted by atomic mass is 35.5. The average molecular weight is 1300 g/mol. The third-order valence-electron chi connectivity index (χ3n) is 15.5. The average Bonchev–Trinajstić information content (AvgIpc) is 3.55. The number of likely N-dealkylation sites (tertiary alicyclic amines) is 2. The van der Waals surface area contributed by atoms with E-state index in [1.807, 2.05) is 13.8 Å². The first-order chi connectivity index (χ1) is 37.9. The molecule has 456 valence electrons. The van der Waals surface area contributed by atoms with Gasteiger partial charge in [-0.3, -0.25) is 9.59 Å². The van der Waals surface area contributed by atoms with E-state index in [0.717, 1.165) is 18.2 Å². The third-order valence-corrected chi connectivity index (χ3v) is 20.1. The maximum absolute atomic E-state index is 14.0. The molecular formula is C56H70Cl5F7N6O6S2. The second-order valence-corrected chi connectivity index (χ2v) is 27.4. The van der Waals surface area contributed by atoms with E-state index in [2.05, 4.69) is 9.80 Å². The number of nitrogens with zero attached hydrogens (tertiary/aromatic N) is 6. The minimum absolute atomic E-state index is 0.0558. The first-order valence-electron chi connectivity index (χ1n) is 26.5. The Morgan fingerprint density at radius 1 is 0.537 bits per heavy atom. The second kappa shape index (κ2) is 28.4. The number of likely N-dealkylation sites (N-methyl/N-ethyl adjacent to an activating group) is 2. The summed E-state index contributed by atoms with van der Waals surface area (Å²) in [6.45, 7) is 11.5. The van der Waals surface area contributed by atoms with Crippen molar-refractivity contribution in [1.29, 1.82) is 0 Å². The molecule has 4 aromatic carbocycles. The molecule has 12 nitrogen and oxygen atoms in total. The SMILES string of the molecule is CCN(C1CCN(CCC(C)(C(=O)N(C)Cc2ccc(Cl)c(C(F)(F)F)c2)c2ccc(Cl)c(Cl)c2)CC1)S(C)(=O)=O.CCN(C1CCN(CCC(C)(C(=O)N(C)Cc2ccc(F)c(C(F)(F)F)c2)c2ccc(Cl)c(Cl)c2)CC1)S(C)(=O)=O. The Labute approximate surface area is 502 Å². The van der Waals surface area contributed by atoms with Crippen molar-refractivity contribution in [3.63, 3.8) is 0 Å². The largest absolute Gasteiger partial charge is 0.419 e. The van der Waals surface area contributed by atoms with Crippen LogP contribution in [0.5, 0.6) is 0 Å². The molecule has 82 heavy (non-hydrogen) atoms. The summed E-state index contributed by atoms with van der Waals surface area (Å²) in [4.78, 5) is 35.0. The van der Waals surface area contributed by atoms with Gasteiger partial charge in [-0.05, 0) is 162 Å². The quantitative estimate of drug-likeness (QED) is 0.0802. The lowest BCUT2D eigenvalue weighted by Gasteiger charge is -2.39. The van der Waals surface area contributed by atoms with Gasteiger partial charge in [0, 0.05) is 52.4 Å². The number of halogens is 12. The topological polar surface area (TPSA) is 122 Å². The Morgan fingerprint density at radius 2 is 0.878 bits per heavy atom. The van der Waals surface area contributed by atoms with E-state index in [0.29, 0.717) is 123 Å². The smallest absolute Gasteiger partial charge is 0.341 e. The van der Waals surface area contributed by atoms with Crippen molar-refractivity contribution < 1.29 is 57.2 Å². The molecule has 0 saturated carbocycles. The predicted molar refractivity (Wildman–Crippen MR) is 311 cm³/mol. The molecule has 2 unspecified atom stereocenters. The normalized spacial score (nSPS) is 17.0. The van der Waals surface area contributed by atoms with Gasteiger partial charge in [0.05, 0.1) is 59.6 Å². The van der Waals surface area contributed by atoms with Gasteiger partial charge in [0.25, 0.3) is 0 Å². The van der Waals surface area contributed by atoms with Gasteiger partial charge < -0.3 is 19.6 Å². The molecule has 2 saturated heterocycles. The van der Waals surface area contributed by atoms with Crippen molar-refractivity contribution in [3.8, 4) is 0 Å². The van der Waals surface area contributed by atoms with E-state index >= 15 is 0 Å². The van der Waals surface area contributed by atoms with Crippen molar-refractivity contribution in [2.75, 3.05) is 79.0 Å². The Kier molecular flexibility index (Phi) is 24.0. The number of sulfonamides is 2. The maximum atomic E-state index is 14.0. The van der Waals surface area contributed by atoms with Crippen molar-refractivity contribution >= 4 is 89.9 Å². The number of rotatable bonds is 20. The summed E-state index contributed by atoms with van der Waals surface area (Å²) in [7, 11) is -3.57. The minimum atomic E-state index is -4.86. The Balaban J connectivity index is 0.000000301. The molecule has 2 heterocycles. The zero-order valence-corrected chi connectivity index (χ0v) is 52.3. The lowest BCUT2D eigenvalue weighted by atomic mass is 9.77. The molecule has 0 aromatic heterocycles. The molecule has 26 heteroatoms. The second-order valence-electron chi connectivity index (χ2n) is 21.4. The number of amides is 2. The summed E-state index contributed by atoms with van der Waals surface area (Å²) in [5.41, 5.74) is -2.85. The summed E-state index contributed by atoms with van der Waals surface area (Å²) >= 11 is 30.6. The molecule has 2 aliphatic heterocycles. The molecule has 2 atom stereocenters. The van der Waals surface area contributed by atoms with Crippen molar-refractivity contribution in [2.45, 2.75) is 115 Å². The van der Waals surface area contributed by atoms with Crippen LogP contribution >= 0.6 is 58.0 Å². The molecular weight excluding hydrogens is 1230 g/mol. The van der Waals surface area contributed by atoms with Crippen LogP contribution in [0.3, 0.4) is 0 Å². The number of piperidine rings is 2. The van der Waals surface area contributed by atoms with E-state index in [1.54, 1.807) is 57.3 Å². The summed E-state index contributed by atoms with van der Waals surface area (Å²) in [6.07, 6.45) is -3.61. The fourth-order valence-corrected chi connectivity index (χ4v) is 14.2. The van der Waals surface area contributed by atoms with Crippen LogP contribution in [-0.4, -0.2) is 148 Å². The van der Waals surface area contributed by atoms with Crippen molar-refractivity contribution in [1.82, 2.24) is 28.2 Å². The standard InChI is InChI=1S/C28H35Cl3F3N3O3S.C28H35Cl2F4N3O3S/c1-5-37(41(4,39)40)21-10-13-36(14-11-21)15-12-27(2,20-7-9-24(30)25(31)17-20)26(38)35(3)18-19-6-8-23(29)22(16-19)28(32,33)34;1-5-37(41(4,39)40)21-10-13-36(14-11-21)15-12-27(2,20-7-8-23(29)24(30)17-20)26(38)35(3)18-19-6-9-25(31)22(16-19)28(32,33)34/h2*6-9,16-17,21H,5,10-15,18H2,1-4H3. The highest BCUT2D eigenvalue weighted by molar-refractivity contribution is 7.88. The van der Waals surface area contributed by atoms with Gasteiger partial charge in [-0.25, -0.2) is 21.2 Å². The molecule has 0 aliphatic carbocycles. The van der Waals surface area contributed by atoms with Crippen molar-refractivity contribution in [3.05, 3.63) is 137 Å². The first kappa shape index (κ1) is 69.3. The molecule has 0 radical (unpaired) electrons. The first-order valence-corrected chi connectivity index (χ1v) is 32.0. The van der Waals surface area contributed by atoms with Crippen LogP contribution in [0.4, 0.5) is 30.7 Å². The van der Waals surface area contributed by atoms with Crippen LogP contribution in [0, 0.1) is 5.82 Å². The fraction of sp³-hybridized carbons (Fsp3) is 0.536. The molecule has 6 rings (SSSR count). The van der Waals surface area contributed by atoms with Crippen LogP contribution in [0.2, 0.25) is 25.1 Å². The van der Waals surface area contributed by atoms with E-state index in [1.165, 1.54) is 56.2 Å². The molecule has 2 aliphatic rings. The van der Waals surface area contributed by atoms with Crippen LogP contribution in [0.25, 0.3) is 0 Å². The van der Waals surface area contributed by atoms with Crippen LogP contribution < -0.4 is 0 Å².